The maximum absolute atomic E-state index is 13.0. The number of hydrogen-bond acceptors (Lipinski definition) is 3. The van der Waals surface area contributed by atoms with E-state index in [1.54, 1.807) is 18.2 Å². The van der Waals surface area contributed by atoms with Gasteiger partial charge in [-0.15, -0.1) is 10.2 Å². The van der Waals surface area contributed by atoms with Crippen LogP contribution in [0.1, 0.15) is 11.4 Å². The van der Waals surface area contributed by atoms with Crippen molar-refractivity contribution in [2.75, 3.05) is 6.54 Å². The van der Waals surface area contributed by atoms with E-state index < -0.39 is 0 Å². The van der Waals surface area contributed by atoms with Crippen LogP contribution < -0.4 is 5.32 Å². The molecule has 5 nitrogen and oxygen atoms in total. The summed E-state index contributed by atoms with van der Waals surface area (Å²) in [4.78, 5) is 11.8. The summed E-state index contributed by atoms with van der Waals surface area (Å²) in [6.07, 6.45) is 5.42. The third-order valence-corrected chi connectivity index (χ3v) is 3.31. The minimum absolute atomic E-state index is 0.233. The van der Waals surface area contributed by atoms with E-state index in [4.69, 9.17) is 0 Å². The van der Waals surface area contributed by atoms with Gasteiger partial charge in [0, 0.05) is 25.2 Å². The van der Waals surface area contributed by atoms with Gasteiger partial charge in [-0.3, -0.25) is 9.20 Å². The minimum atomic E-state index is -0.328. The summed E-state index contributed by atoms with van der Waals surface area (Å²) in [5, 5.41) is 10.9. The molecule has 0 radical (unpaired) electrons. The molecule has 0 saturated carbocycles. The van der Waals surface area contributed by atoms with E-state index in [1.807, 2.05) is 28.8 Å². The van der Waals surface area contributed by atoms with Gasteiger partial charge in [-0.1, -0.05) is 18.2 Å². The quantitative estimate of drug-likeness (QED) is 0.735. The van der Waals surface area contributed by atoms with Gasteiger partial charge in [0.05, 0.1) is 0 Å². The van der Waals surface area contributed by atoms with Gasteiger partial charge in [0.25, 0.3) is 0 Å². The number of fused-ring (bicyclic) bond motifs is 1. The fourth-order valence-corrected chi connectivity index (χ4v) is 2.20. The lowest BCUT2D eigenvalue weighted by Gasteiger charge is -2.01. The van der Waals surface area contributed by atoms with Crippen molar-refractivity contribution in [3.63, 3.8) is 0 Å². The highest BCUT2D eigenvalue weighted by molar-refractivity contribution is 5.91. The van der Waals surface area contributed by atoms with Crippen molar-refractivity contribution in [1.82, 2.24) is 19.9 Å². The van der Waals surface area contributed by atoms with Crippen molar-refractivity contribution in [3.05, 3.63) is 71.9 Å². The molecule has 0 atom stereocenters. The van der Waals surface area contributed by atoms with Crippen molar-refractivity contribution in [3.8, 4) is 0 Å². The number of aromatic nitrogens is 3. The predicted molar refractivity (Wildman–Crippen MR) is 85.1 cm³/mol. The number of nitrogens with zero attached hydrogens (tertiary/aromatic N) is 3. The van der Waals surface area contributed by atoms with E-state index in [-0.39, 0.29) is 11.7 Å². The lowest BCUT2D eigenvalue weighted by Crippen LogP contribution is -2.24. The zero-order chi connectivity index (χ0) is 16.1. The molecule has 0 fully saturated rings. The second kappa shape index (κ2) is 6.83. The zero-order valence-corrected chi connectivity index (χ0v) is 12.3. The molecular formula is C17H15FN4O. The van der Waals surface area contributed by atoms with Gasteiger partial charge in [0.15, 0.2) is 5.65 Å². The molecule has 1 amide bonds. The van der Waals surface area contributed by atoms with Gasteiger partial charge < -0.3 is 5.32 Å². The molecule has 0 unspecified atom stereocenters. The van der Waals surface area contributed by atoms with Crippen LogP contribution in [0.25, 0.3) is 11.7 Å². The van der Waals surface area contributed by atoms with Gasteiger partial charge in [-0.25, -0.2) is 4.39 Å². The summed E-state index contributed by atoms with van der Waals surface area (Å²) in [5.41, 5.74) is 1.42. The van der Waals surface area contributed by atoms with E-state index in [0.29, 0.717) is 18.5 Å². The molecule has 0 aliphatic heterocycles. The average Bonchev–Trinajstić information content (AvgIpc) is 2.97. The molecule has 0 aliphatic rings. The van der Waals surface area contributed by atoms with Crippen LogP contribution in [0, 0.1) is 5.82 Å². The Labute approximate surface area is 132 Å². The minimum Gasteiger partial charge on any atom is -0.352 e. The number of rotatable bonds is 5. The van der Waals surface area contributed by atoms with Gasteiger partial charge in [-0.05, 0) is 35.9 Å². The fraction of sp³-hybridized carbons (Fsp3) is 0.118. The first-order valence-corrected chi connectivity index (χ1v) is 7.22. The molecule has 3 aromatic rings. The number of carbonyl (C=O) groups is 1. The molecule has 0 saturated heterocycles. The van der Waals surface area contributed by atoms with E-state index in [2.05, 4.69) is 15.5 Å². The molecule has 6 heteroatoms. The fourth-order valence-electron chi connectivity index (χ4n) is 2.20. The van der Waals surface area contributed by atoms with Gasteiger partial charge in [-0.2, -0.15) is 0 Å². The first kappa shape index (κ1) is 14.9. The first-order valence-electron chi connectivity index (χ1n) is 7.22. The van der Waals surface area contributed by atoms with Crippen LogP contribution in [0.3, 0.4) is 0 Å². The third kappa shape index (κ3) is 3.79. The van der Waals surface area contributed by atoms with Crippen LogP contribution in [-0.4, -0.2) is 27.0 Å². The lowest BCUT2D eigenvalue weighted by molar-refractivity contribution is -0.116. The van der Waals surface area contributed by atoms with Crippen LogP contribution in [0.15, 0.2) is 54.7 Å². The van der Waals surface area contributed by atoms with Crippen LogP contribution in [-0.2, 0) is 11.2 Å². The molecule has 0 spiro atoms. The summed E-state index contributed by atoms with van der Waals surface area (Å²) in [6, 6.07) is 11.7. The number of halogens is 1. The summed E-state index contributed by atoms with van der Waals surface area (Å²) >= 11 is 0. The Morgan fingerprint density at radius 1 is 1.22 bits per heavy atom. The van der Waals surface area contributed by atoms with Crippen molar-refractivity contribution >= 4 is 17.6 Å². The average molecular weight is 310 g/mol. The molecule has 116 valence electrons. The molecule has 0 aliphatic carbocycles. The zero-order valence-electron chi connectivity index (χ0n) is 12.3. The second-order valence-corrected chi connectivity index (χ2v) is 4.97. The monoisotopic (exact) mass is 310 g/mol. The number of carbonyl (C=O) groups excluding carboxylic acids is 1. The normalized spacial score (nSPS) is 11.2. The Kier molecular flexibility index (Phi) is 4.42. The van der Waals surface area contributed by atoms with Crippen molar-refractivity contribution in [2.45, 2.75) is 6.42 Å². The highest BCUT2D eigenvalue weighted by Gasteiger charge is 2.04. The summed E-state index contributed by atoms with van der Waals surface area (Å²) in [6.45, 7) is 0.446. The van der Waals surface area contributed by atoms with E-state index >= 15 is 0 Å². The van der Waals surface area contributed by atoms with Crippen LogP contribution in [0.2, 0.25) is 0 Å². The molecule has 0 bridgehead atoms. The highest BCUT2D eigenvalue weighted by Crippen LogP contribution is 2.05. The van der Waals surface area contributed by atoms with Crippen LogP contribution >= 0.6 is 0 Å². The van der Waals surface area contributed by atoms with E-state index in [9.17, 15) is 9.18 Å². The first-order chi connectivity index (χ1) is 11.2. The highest BCUT2D eigenvalue weighted by atomic mass is 19.1. The van der Waals surface area contributed by atoms with Crippen LogP contribution in [0.4, 0.5) is 4.39 Å². The number of nitrogens with one attached hydrogen (secondary N) is 1. The predicted octanol–water partition coefficient (Wildman–Crippen LogP) is 2.24. The van der Waals surface area contributed by atoms with E-state index in [1.165, 1.54) is 18.2 Å². The molecular weight excluding hydrogens is 295 g/mol. The third-order valence-electron chi connectivity index (χ3n) is 3.31. The van der Waals surface area contributed by atoms with Crippen molar-refractivity contribution < 1.29 is 9.18 Å². The number of hydrogen-bond donors (Lipinski definition) is 1. The summed E-state index contributed by atoms with van der Waals surface area (Å²) < 4.78 is 14.9. The second-order valence-electron chi connectivity index (χ2n) is 4.97. The van der Waals surface area contributed by atoms with E-state index in [0.717, 1.165) is 11.5 Å². The molecule has 3 rings (SSSR count). The maximum atomic E-state index is 13.0. The topological polar surface area (TPSA) is 59.3 Å². The Morgan fingerprint density at radius 2 is 2.13 bits per heavy atom. The Balaban J connectivity index is 1.53. The van der Waals surface area contributed by atoms with Crippen LogP contribution in [0.5, 0.6) is 0 Å². The largest absolute Gasteiger partial charge is 0.352 e. The SMILES string of the molecule is O=C(/C=C/c1cccc(F)c1)NCCc1nnc2ccccn12. The molecule has 1 aromatic carbocycles. The van der Waals surface area contributed by atoms with Gasteiger partial charge in [0.2, 0.25) is 5.91 Å². The Hall–Kier alpha value is -3.02. The van der Waals surface area contributed by atoms with Gasteiger partial charge in [0.1, 0.15) is 11.6 Å². The van der Waals surface area contributed by atoms with Crippen molar-refractivity contribution in [2.24, 2.45) is 0 Å². The van der Waals surface area contributed by atoms with Crippen molar-refractivity contribution in [1.29, 1.82) is 0 Å². The lowest BCUT2D eigenvalue weighted by atomic mass is 10.2. The van der Waals surface area contributed by atoms with Gasteiger partial charge >= 0.3 is 0 Å². The molecule has 1 N–H and O–H groups in total. The number of amides is 1. The Morgan fingerprint density at radius 3 is 3.00 bits per heavy atom. The Bertz CT molecular complexity index is 856. The maximum Gasteiger partial charge on any atom is 0.244 e. The summed E-state index contributed by atoms with van der Waals surface area (Å²) in [5.74, 6) is 0.226. The number of benzene rings is 1. The summed E-state index contributed by atoms with van der Waals surface area (Å²) in [7, 11) is 0. The smallest absolute Gasteiger partial charge is 0.244 e. The molecule has 23 heavy (non-hydrogen) atoms. The molecule has 2 heterocycles. The standard InChI is InChI=1S/C17H15FN4O/c18-14-5-3-4-13(12-14)7-8-17(23)19-10-9-16-21-20-15-6-1-2-11-22(15)16/h1-8,11-12H,9-10H2,(H,19,23)/b8-7+. The molecule has 2 aromatic heterocycles. The number of pyridine rings is 1.